The van der Waals surface area contributed by atoms with E-state index in [4.69, 9.17) is 9.15 Å². The summed E-state index contributed by atoms with van der Waals surface area (Å²) >= 11 is 1.67. The first-order valence-corrected chi connectivity index (χ1v) is 9.74. The Balaban J connectivity index is 1.58. The number of carbonyl (C=O) groups is 2. The second kappa shape index (κ2) is 8.31. The first-order valence-electron chi connectivity index (χ1n) is 8.51. The maximum atomic E-state index is 12.3. The molecule has 0 saturated heterocycles. The van der Waals surface area contributed by atoms with E-state index in [-0.39, 0.29) is 18.3 Å². The van der Waals surface area contributed by atoms with E-state index in [1.807, 2.05) is 48.7 Å². The maximum Gasteiger partial charge on any atom is 0.375 e. The van der Waals surface area contributed by atoms with Gasteiger partial charge < -0.3 is 14.1 Å². The van der Waals surface area contributed by atoms with Gasteiger partial charge in [0.15, 0.2) is 6.61 Å². The average Bonchev–Trinajstić information content (AvgIpc) is 3.03. The number of likely N-dealkylation sites (N-methyl/N-ethyl adjacent to an activating group) is 1. The number of hydrogen-bond acceptors (Lipinski definition) is 5. The highest BCUT2D eigenvalue weighted by Gasteiger charge is 2.20. The number of para-hydroxylation sites is 1. The topological polar surface area (TPSA) is 59.8 Å². The molecule has 140 valence electrons. The minimum absolute atomic E-state index is 0.138. The van der Waals surface area contributed by atoms with Crippen LogP contribution in [-0.4, -0.2) is 36.7 Å². The third kappa shape index (κ3) is 4.34. The van der Waals surface area contributed by atoms with Crippen molar-refractivity contribution in [3.05, 3.63) is 65.4 Å². The van der Waals surface area contributed by atoms with Gasteiger partial charge in [0.25, 0.3) is 5.91 Å². The lowest BCUT2D eigenvalue weighted by molar-refractivity contribution is -0.133. The monoisotopic (exact) mass is 383 g/mol. The van der Waals surface area contributed by atoms with Gasteiger partial charge in [0, 0.05) is 29.4 Å². The second-order valence-electron chi connectivity index (χ2n) is 6.23. The van der Waals surface area contributed by atoms with Crippen LogP contribution in [0.4, 0.5) is 0 Å². The number of furan rings is 1. The second-order valence-corrected chi connectivity index (χ2v) is 7.11. The van der Waals surface area contributed by atoms with Crippen molar-refractivity contribution in [2.75, 3.05) is 19.9 Å². The molecule has 6 heteroatoms. The molecule has 1 amide bonds. The van der Waals surface area contributed by atoms with Crippen molar-refractivity contribution >= 4 is 34.6 Å². The molecule has 0 bridgehead atoms. The van der Waals surface area contributed by atoms with Gasteiger partial charge in [-0.05, 0) is 36.9 Å². The summed E-state index contributed by atoms with van der Waals surface area (Å²) in [5.41, 5.74) is 2.35. The van der Waals surface area contributed by atoms with Gasteiger partial charge in [-0.1, -0.05) is 30.3 Å². The van der Waals surface area contributed by atoms with E-state index in [0.717, 1.165) is 10.9 Å². The van der Waals surface area contributed by atoms with E-state index in [0.29, 0.717) is 17.7 Å². The zero-order chi connectivity index (χ0) is 19.4. The third-order valence-corrected chi connectivity index (χ3v) is 5.10. The van der Waals surface area contributed by atoms with Crippen molar-refractivity contribution in [2.24, 2.45) is 0 Å². The number of rotatable bonds is 6. The fraction of sp³-hybridized carbons (Fsp3) is 0.238. The van der Waals surface area contributed by atoms with Crippen molar-refractivity contribution < 1.29 is 18.7 Å². The fourth-order valence-corrected chi connectivity index (χ4v) is 3.17. The first-order chi connectivity index (χ1) is 13.0. The molecule has 0 radical (unpaired) electrons. The Bertz CT molecular complexity index is 962. The average molecular weight is 383 g/mol. The minimum Gasteiger partial charge on any atom is -0.450 e. The molecule has 0 N–H and O–H groups in total. The van der Waals surface area contributed by atoms with E-state index < -0.39 is 5.97 Å². The molecule has 0 saturated carbocycles. The van der Waals surface area contributed by atoms with Crippen LogP contribution in [0, 0.1) is 6.92 Å². The van der Waals surface area contributed by atoms with Gasteiger partial charge >= 0.3 is 5.97 Å². The summed E-state index contributed by atoms with van der Waals surface area (Å²) in [5.74, 6) is -0.764. The molecule has 0 fully saturated rings. The molecule has 2 aromatic carbocycles. The standard InChI is InChI=1S/C21H21NO4S/c1-14-17-6-4-5-7-18(17)26-20(14)21(24)25-13-19(23)22(2)12-15-8-10-16(27-3)11-9-15/h4-11H,12-13H2,1-3H3. The number of hydrogen-bond donors (Lipinski definition) is 0. The fourth-order valence-electron chi connectivity index (χ4n) is 2.77. The van der Waals surface area contributed by atoms with Crippen molar-refractivity contribution in [1.82, 2.24) is 4.90 Å². The summed E-state index contributed by atoms with van der Waals surface area (Å²) in [6.07, 6.45) is 2.02. The summed E-state index contributed by atoms with van der Waals surface area (Å²) in [6, 6.07) is 15.4. The predicted octanol–water partition coefficient (Wildman–Crippen LogP) is 4.28. The van der Waals surface area contributed by atoms with Crippen LogP contribution in [0.3, 0.4) is 0 Å². The smallest absolute Gasteiger partial charge is 0.375 e. The molecule has 27 heavy (non-hydrogen) atoms. The number of benzene rings is 2. The largest absolute Gasteiger partial charge is 0.450 e. The Morgan fingerprint density at radius 2 is 1.81 bits per heavy atom. The number of esters is 1. The van der Waals surface area contributed by atoms with E-state index in [1.54, 1.807) is 31.8 Å². The molecule has 0 aliphatic carbocycles. The van der Waals surface area contributed by atoms with Gasteiger partial charge in [0.1, 0.15) is 5.58 Å². The van der Waals surface area contributed by atoms with Crippen molar-refractivity contribution in [2.45, 2.75) is 18.4 Å². The van der Waals surface area contributed by atoms with Gasteiger partial charge in [0.05, 0.1) is 0 Å². The lowest BCUT2D eigenvalue weighted by Gasteiger charge is -2.17. The summed E-state index contributed by atoms with van der Waals surface area (Å²) in [5, 5.41) is 0.863. The minimum atomic E-state index is -0.630. The summed E-state index contributed by atoms with van der Waals surface area (Å²) < 4.78 is 10.7. The van der Waals surface area contributed by atoms with E-state index in [1.165, 1.54) is 9.80 Å². The number of aryl methyl sites for hydroxylation is 1. The van der Waals surface area contributed by atoms with Gasteiger partial charge in [-0.15, -0.1) is 11.8 Å². The zero-order valence-electron chi connectivity index (χ0n) is 15.5. The molecule has 1 aromatic heterocycles. The third-order valence-electron chi connectivity index (χ3n) is 4.36. The van der Waals surface area contributed by atoms with Crippen LogP contribution in [0.25, 0.3) is 11.0 Å². The van der Waals surface area contributed by atoms with Gasteiger partial charge in [-0.2, -0.15) is 0 Å². The van der Waals surface area contributed by atoms with Crippen molar-refractivity contribution in [1.29, 1.82) is 0 Å². The number of ether oxygens (including phenoxy) is 1. The van der Waals surface area contributed by atoms with Crippen LogP contribution in [0.1, 0.15) is 21.7 Å². The quantitative estimate of drug-likeness (QED) is 0.470. The van der Waals surface area contributed by atoms with Crippen LogP contribution in [0.2, 0.25) is 0 Å². The van der Waals surface area contributed by atoms with Crippen LogP contribution in [-0.2, 0) is 16.1 Å². The van der Waals surface area contributed by atoms with Crippen LogP contribution < -0.4 is 0 Å². The van der Waals surface area contributed by atoms with Gasteiger partial charge in [-0.3, -0.25) is 4.79 Å². The molecule has 1 heterocycles. The summed E-state index contributed by atoms with van der Waals surface area (Å²) in [4.78, 5) is 27.3. The molecule has 0 aliphatic rings. The number of carbonyl (C=O) groups excluding carboxylic acids is 2. The molecular weight excluding hydrogens is 362 g/mol. The summed E-state index contributed by atoms with van der Waals surface area (Å²) in [7, 11) is 1.69. The lowest BCUT2D eigenvalue weighted by atomic mass is 10.1. The van der Waals surface area contributed by atoms with Crippen molar-refractivity contribution in [3.63, 3.8) is 0 Å². The predicted molar refractivity (Wildman–Crippen MR) is 106 cm³/mol. The molecule has 5 nitrogen and oxygen atoms in total. The first kappa shape index (κ1) is 19.0. The highest BCUT2D eigenvalue weighted by molar-refractivity contribution is 7.98. The maximum absolute atomic E-state index is 12.3. The molecule has 0 atom stereocenters. The van der Waals surface area contributed by atoms with Crippen molar-refractivity contribution in [3.8, 4) is 0 Å². The lowest BCUT2D eigenvalue weighted by Crippen LogP contribution is -2.30. The van der Waals surface area contributed by atoms with E-state index in [2.05, 4.69) is 0 Å². The normalized spacial score (nSPS) is 10.8. The van der Waals surface area contributed by atoms with E-state index in [9.17, 15) is 9.59 Å². The Morgan fingerprint density at radius 1 is 1.11 bits per heavy atom. The number of amides is 1. The Kier molecular flexibility index (Phi) is 5.86. The van der Waals surface area contributed by atoms with Gasteiger partial charge in [0.2, 0.25) is 5.76 Å². The van der Waals surface area contributed by atoms with E-state index >= 15 is 0 Å². The Labute approximate surface area is 162 Å². The molecule has 0 unspecified atom stereocenters. The Hall–Kier alpha value is -2.73. The Morgan fingerprint density at radius 3 is 2.48 bits per heavy atom. The van der Waals surface area contributed by atoms with Crippen LogP contribution in [0.5, 0.6) is 0 Å². The highest BCUT2D eigenvalue weighted by Crippen LogP contribution is 2.25. The van der Waals surface area contributed by atoms with Crippen LogP contribution >= 0.6 is 11.8 Å². The molecule has 0 aliphatic heterocycles. The molecule has 3 rings (SSSR count). The number of nitrogens with zero attached hydrogens (tertiary/aromatic N) is 1. The SMILES string of the molecule is CSc1ccc(CN(C)C(=O)COC(=O)c2oc3ccccc3c2C)cc1. The van der Waals surface area contributed by atoms with Gasteiger partial charge in [-0.25, -0.2) is 4.79 Å². The molecule has 3 aromatic rings. The zero-order valence-corrected chi connectivity index (χ0v) is 16.3. The summed E-state index contributed by atoms with van der Waals surface area (Å²) in [6.45, 7) is 1.93. The van der Waals surface area contributed by atoms with Crippen LogP contribution in [0.15, 0.2) is 57.8 Å². The molecule has 0 spiro atoms. The number of thioether (sulfide) groups is 1. The molecular formula is C21H21NO4S. The highest BCUT2D eigenvalue weighted by atomic mass is 32.2. The number of fused-ring (bicyclic) bond motifs is 1.